The molecule has 0 spiro atoms. The van der Waals surface area contributed by atoms with Crippen LogP contribution in [0.15, 0.2) is 42.6 Å². The van der Waals surface area contributed by atoms with E-state index < -0.39 is 12.0 Å². The number of hydrogen-bond donors (Lipinski definition) is 2. The van der Waals surface area contributed by atoms with Crippen molar-refractivity contribution in [3.8, 4) is 11.6 Å². The van der Waals surface area contributed by atoms with Crippen molar-refractivity contribution >= 4 is 12.0 Å². The lowest BCUT2D eigenvalue weighted by Gasteiger charge is -2.10. The number of carbonyl (C=O) groups excluding carboxylic acids is 2. The average Bonchev–Trinajstić information content (AvgIpc) is 2.55. The van der Waals surface area contributed by atoms with E-state index in [1.54, 1.807) is 24.3 Å². The Morgan fingerprint density at radius 2 is 1.96 bits per heavy atom. The average molecular weight is 319 g/mol. The first-order chi connectivity index (χ1) is 11.1. The van der Waals surface area contributed by atoms with E-state index in [4.69, 9.17) is 15.2 Å². The van der Waals surface area contributed by atoms with Crippen LogP contribution >= 0.6 is 0 Å². The molecule has 0 aliphatic rings. The fraction of sp³-hybridized carbons (Fsp3) is 0.133. The van der Waals surface area contributed by atoms with Crippen molar-refractivity contribution in [1.82, 2.24) is 10.3 Å². The molecule has 0 radical (unpaired) electrons. The third-order valence-corrected chi connectivity index (χ3v) is 2.66. The van der Waals surface area contributed by atoms with Crippen LogP contribution in [0, 0.1) is 5.82 Å². The number of nitrogens with two attached hydrogens (primary N) is 1. The largest absolute Gasteiger partial charge is 0.483 e. The van der Waals surface area contributed by atoms with Gasteiger partial charge in [-0.1, -0.05) is 12.1 Å². The highest BCUT2D eigenvalue weighted by molar-refractivity contribution is 5.93. The van der Waals surface area contributed by atoms with Gasteiger partial charge in [0.1, 0.15) is 12.4 Å². The van der Waals surface area contributed by atoms with Crippen LogP contribution < -0.4 is 20.5 Å². The highest BCUT2D eigenvalue weighted by atomic mass is 19.1. The van der Waals surface area contributed by atoms with Crippen LogP contribution in [0.25, 0.3) is 0 Å². The molecule has 2 amide bonds. The van der Waals surface area contributed by atoms with Gasteiger partial charge in [0.25, 0.3) is 5.88 Å². The van der Waals surface area contributed by atoms with E-state index >= 15 is 0 Å². The number of imide groups is 1. The topological polar surface area (TPSA) is 104 Å². The van der Waals surface area contributed by atoms with E-state index in [2.05, 4.69) is 4.98 Å². The van der Waals surface area contributed by atoms with E-state index in [0.29, 0.717) is 0 Å². The van der Waals surface area contributed by atoms with Gasteiger partial charge in [-0.05, 0) is 29.8 Å². The minimum absolute atomic E-state index is 0.100. The van der Waals surface area contributed by atoms with Gasteiger partial charge in [0.2, 0.25) is 5.91 Å². The molecular weight excluding hydrogens is 305 g/mol. The zero-order chi connectivity index (χ0) is 16.7. The monoisotopic (exact) mass is 319 g/mol. The minimum Gasteiger partial charge on any atom is -0.483 e. The number of amides is 2. The number of rotatable bonds is 5. The minimum atomic E-state index is -1.01. The molecule has 3 N–H and O–H groups in total. The smallest absolute Gasteiger partial charge is 0.420 e. The lowest BCUT2D eigenvalue weighted by molar-refractivity contribution is -0.118. The Hall–Kier alpha value is -3.00. The summed E-state index contributed by atoms with van der Waals surface area (Å²) in [5.41, 5.74) is 5.81. The first kappa shape index (κ1) is 16.4. The molecule has 0 unspecified atom stereocenters. The summed E-state index contributed by atoms with van der Waals surface area (Å²) in [7, 11) is 0. The lowest BCUT2D eigenvalue weighted by Crippen LogP contribution is -2.37. The number of aromatic nitrogens is 1. The predicted molar refractivity (Wildman–Crippen MR) is 78.2 cm³/mol. The molecule has 0 fully saturated rings. The predicted octanol–water partition coefficient (Wildman–Crippen LogP) is 1.37. The van der Waals surface area contributed by atoms with Gasteiger partial charge in [0.15, 0.2) is 5.75 Å². The zero-order valence-corrected chi connectivity index (χ0v) is 12.0. The normalized spacial score (nSPS) is 10.0. The van der Waals surface area contributed by atoms with Crippen molar-refractivity contribution in [3.05, 3.63) is 54.0 Å². The Morgan fingerprint density at radius 3 is 2.65 bits per heavy atom. The third kappa shape index (κ3) is 5.04. The molecule has 8 heteroatoms. The number of benzene rings is 1. The maximum atomic E-state index is 12.8. The van der Waals surface area contributed by atoms with E-state index in [1.807, 2.05) is 5.32 Å². The summed E-state index contributed by atoms with van der Waals surface area (Å²) in [6.07, 6.45) is 0.392. The highest BCUT2D eigenvalue weighted by Gasteiger charge is 2.13. The van der Waals surface area contributed by atoms with Crippen LogP contribution in [0.4, 0.5) is 9.18 Å². The van der Waals surface area contributed by atoms with Crippen LogP contribution in [-0.2, 0) is 11.4 Å². The van der Waals surface area contributed by atoms with E-state index in [1.165, 1.54) is 18.3 Å². The standard InChI is InChI=1S/C15H14FN3O4/c16-11-5-3-10(4-6-11)9-22-12-2-1-7-18-14(12)23-15(21)19-13(20)8-17/h1-7H,8-9,17H2,(H,19,20,21). The summed E-state index contributed by atoms with van der Waals surface area (Å²) in [5.74, 6) is -0.927. The van der Waals surface area contributed by atoms with Crippen molar-refractivity contribution in [1.29, 1.82) is 0 Å². The Labute approximate surface area is 131 Å². The van der Waals surface area contributed by atoms with Gasteiger partial charge in [-0.3, -0.25) is 10.1 Å². The number of carbonyl (C=O) groups is 2. The van der Waals surface area contributed by atoms with Crippen LogP contribution in [0.1, 0.15) is 5.56 Å². The first-order valence-electron chi connectivity index (χ1n) is 6.62. The van der Waals surface area contributed by atoms with Gasteiger partial charge in [0, 0.05) is 6.20 Å². The Morgan fingerprint density at radius 1 is 1.22 bits per heavy atom. The summed E-state index contributed by atoms with van der Waals surface area (Å²) in [6, 6.07) is 8.90. The third-order valence-electron chi connectivity index (χ3n) is 2.66. The molecule has 0 bridgehead atoms. The summed E-state index contributed by atoms with van der Waals surface area (Å²) in [4.78, 5) is 26.4. The quantitative estimate of drug-likeness (QED) is 0.863. The Kier molecular flexibility index (Phi) is 5.59. The fourth-order valence-electron chi connectivity index (χ4n) is 1.58. The van der Waals surface area contributed by atoms with Crippen LogP contribution in [0.5, 0.6) is 11.6 Å². The molecule has 0 aliphatic carbocycles. The molecular formula is C15H14FN3O4. The van der Waals surface area contributed by atoms with Crippen molar-refractivity contribution in [2.45, 2.75) is 6.61 Å². The van der Waals surface area contributed by atoms with Crippen molar-refractivity contribution in [2.24, 2.45) is 5.73 Å². The molecule has 1 heterocycles. The van der Waals surface area contributed by atoms with Crippen LogP contribution in [-0.4, -0.2) is 23.5 Å². The molecule has 0 atom stereocenters. The molecule has 7 nitrogen and oxygen atoms in total. The maximum Gasteiger partial charge on any atom is 0.420 e. The molecule has 2 rings (SSSR count). The number of ether oxygens (including phenoxy) is 2. The fourth-order valence-corrected chi connectivity index (χ4v) is 1.58. The molecule has 1 aromatic carbocycles. The molecule has 0 saturated carbocycles. The van der Waals surface area contributed by atoms with Crippen LogP contribution in [0.3, 0.4) is 0 Å². The van der Waals surface area contributed by atoms with E-state index in [9.17, 15) is 14.0 Å². The first-order valence-corrected chi connectivity index (χ1v) is 6.62. The second kappa shape index (κ2) is 7.85. The van der Waals surface area contributed by atoms with Crippen molar-refractivity contribution < 1.29 is 23.5 Å². The molecule has 23 heavy (non-hydrogen) atoms. The Balaban J connectivity index is 2.01. The Bertz CT molecular complexity index is 691. The summed E-state index contributed by atoms with van der Waals surface area (Å²) >= 11 is 0. The summed E-state index contributed by atoms with van der Waals surface area (Å²) in [6.45, 7) is -0.211. The molecule has 1 aromatic heterocycles. The molecule has 2 aromatic rings. The zero-order valence-electron chi connectivity index (χ0n) is 12.0. The number of pyridine rings is 1. The second-order valence-corrected chi connectivity index (χ2v) is 4.36. The van der Waals surface area contributed by atoms with Crippen molar-refractivity contribution in [3.63, 3.8) is 0 Å². The lowest BCUT2D eigenvalue weighted by atomic mass is 10.2. The van der Waals surface area contributed by atoms with E-state index in [0.717, 1.165) is 5.56 Å². The van der Waals surface area contributed by atoms with Gasteiger partial charge < -0.3 is 15.2 Å². The maximum absolute atomic E-state index is 12.8. The molecule has 0 aliphatic heterocycles. The number of hydrogen-bond acceptors (Lipinski definition) is 6. The number of nitrogens with zero attached hydrogens (tertiary/aromatic N) is 1. The second-order valence-electron chi connectivity index (χ2n) is 4.36. The number of halogens is 1. The van der Waals surface area contributed by atoms with Crippen molar-refractivity contribution in [2.75, 3.05) is 6.54 Å². The van der Waals surface area contributed by atoms with Crippen LogP contribution in [0.2, 0.25) is 0 Å². The van der Waals surface area contributed by atoms with Gasteiger partial charge >= 0.3 is 6.09 Å². The van der Waals surface area contributed by atoms with Gasteiger partial charge in [-0.25, -0.2) is 14.2 Å². The van der Waals surface area contributed by atoms with E-state index in [-0.39, 0.29) is 30.6 Å². The molecule has 120 valence electrons. The van der Waals surface area contributed by atoms with Gasteiger partial charge in [-0.15, -0.1) is 0 Å². The highest BCUT2D eigenvalue weighted by Crippen LogP contribution is 2.24. The van der Waals surface area contributed by atoms with Gasteiger partial charge in [0.05, 0.1) is 6.54 Å². The SMILES string of the molecule is NCC(=O)NC(=O)Oc1ncccc1OCc1ccc(F)cc1. The molecule has 0 saturated heterocycles. The summed E-state index contributed by atoms with van der Waals surface area (Å²) in [5, 5.41) is 1.92. The van der Waals surface area contributed by atoms with Gasteiger partial charge in [-0.2, -0.15) is 0 Å². The summed E-state index contributed by atoms with van der Waals surface area (Å²) < 4.78 is 23.2. The number of nitrogens with one attached hydrogen (secondary N) is 1.